The van der Waals surface area contributed by atoms with Gasteiger partial charge in [0.2, 0.25) is 0 Å². The fourth-order valence-electron chi connectivity index (χ4n) is 2.36. The van der Waals surface area contributed by atoms with E-state index in [1.165, 1.54) is 0 Å². The average molecular weight is 336 g/mol. The van der Waals surface area contributed by atoms with Crippen LogP contribution in [0.25, 0.3) is 11.0 Å². The molecule has 0 aliphatic rings. The fourth-order valence-corrected chi connectivity index (χ4v) is 2.36. The molecule has 2 aromatic heterocycles. The van der Waals surface area contributed by atoms with Crippen LogP contribution in [0.2, 0.25) is 0 Å². The van der Waals surface area contributed by atoms with Gasteiger partial charge in [0.15, 0.2) is 0 Å². The number of H-pyrrole nitrogens is 1. The van der Waals surface area contributed by atoms with E-state index in [9.17, 15) is 22.8 Å². The van der Waals surface area contributed by atoms with Crippen molar-refractivity contribution in [3.63, 3.8) is 0 Å². The van der Waals surface area contributed by atoms with E-state index in [1.54, 1.807) is 30.3 Å². The van der Waals surface area contributed by atoms with E-state index >= 15 is 0 Å². The number of nitrogen functional groups attached to an aromatic ring is 1. The maximum atomic E-state index is 13.0. The summed E-state index contributed by atoms with van der Waals surface area (Å²) in [6.45, 7) is -0.0686. The lowest BCUT2D eigenvalue weighted by Gasteiger charge is -2.13. The van der Waals surface area contributed by atoms with Gasteiger partial charge in [-0.15, -0.1) is 0 Å². The topological polar surface area (TPSA) is 93.8 Å². The third kappa shape index (κ3) is 2.75. The largest absolute Gasteiger partial charge is 0.433 e. The molecular weight excluding hydrogens is 325 g/mol. The van der Waals surface area contributed by atoms with E-state index < -0.39 is 28.8 Å². The summed E-state index contributed by atoms with van der Waals surface area (Å²) in [6.07, 6.45) is -4.73. The first-order valence-corrected chi connectivity index (χ1v) is 6.82. The normalized spacial score (nSPS) is 11.8. The molecule has 9 heteroatoms. The van der Waals surface area contributed by atoms with Crippen LogP contribution in [0.3, 0.4) is 0 Å². The van der Waals surface area contributed by atoms with E-state index in [-0.39, 0.29) is 17.6 Å². The van der Waals surface area contributed by atoms with E-state index in [0.29, 0.717) is 11.6 Å². The average Bonchev–Trinajstić information content (AvgIpc) is 2.52. The predicted octanol–water partition coefficient (Wildman–Crippen LogP) is 1.73. The Bertz CT molecular complexity index is 1020. The van der Waals surface area contributed by atoms with Crippen molar-refractivity contribution >= 4 is 16.9 Å². The molecule has 0 saturated heterocycles. The Morgan fingerprint density at radius 3 is 2.46 bits per heavy atom. The first-order chi connectivity index (χ1) is 11.3. The highest BCUT2D eigenvalue weighted by molar-refractivity contribution is 5.84. The van der Waals surface area contributed by atoms with Gasteiger partial charge in [-0.25, -0.2) is 4.98 Å². The van der Waals surface area contributed by atoms with Crippen molar-refractivity contribution in [1.82, 2.24) is 14.5 Å². The van der Waals surface area contributed by atoms with E-state index in [1.807, 2.05) is 0 Å². The number of aromatic nitrogens is 3. The van der Waals surface area contributed by atoms with E-state index in [4.69, 9.17) is 5.73 Å². The molecule has 0 spiro atoms. The second kappa shape index (κ2) is 5.52. The number of alkyl halides is 3. The Kier molecular flexibility index (Phi) is 3.63. The van der Waals surface area contributed by atoms with Gasteiger partial charge in [-0.05, 0) is 11.6 Å². The second-order valence-corrected chi connectivity index (χ2v) is 5.12. The molecule has 0 radical (unpaired) electrons. The summed E-state index contributed by atoms with van der Waals surface area (Å²) in [4.78, 5) is 29.4. The van der Waals surface area contributed by atoms with Gasteiger partial charge in [0.05, 0.1) is 12.1 Å². The van der Waals surface area contributed by atoms with Crippen LogP contribution in [0, 0.1) is 0 Å². The molecule has 0 bridgehead atoms. The Morgan fingerprint density at radius 2 is 1.83 bits per heavy atom. The number of nitrogens with zero attached hydrogens (tertiary/aromatic N) is 2. The standard InChI is InChI=1S/C15H11F3N4O2/c16-15(17,18)10-6-9-11(12(19)20-10)21-13(23)14(24)22(9)7-8-4-2-1-3-5-8/h1-6H,7H2,(H2,19,20)(H,21,23). The molecule has 124 valence electrons. The van der Waals surface area contributed by atoms with Gasteiger partial charge in [-0.3, -0.25) is 14.2 Å². The van der Waals surface area contributed by atoms with Crippen molar-refractivity contribution < 1.29 is 13.2 Å². The highest BCUT2D eigenvalue weighted by Gasteiger charge is 2.34. The van der Waals surface area contributed by atoms with Crippen LogP contribution in [0.1, 0.15) is 11.3 Å². The molecule has 2 heterocycles. The smallest absolute Gasteiger partial charge is 0.382 e. The van der Waals surface area contributed by atoms with Crippen molar-refractivity contribution in [2.45, 2.75) is 12.7 Å². The molecule has 24 heavy (non-hydrogen) atoms. The number of nitrogens with one attached hydrogen (secondary N) is 1. The molecule has 1 aromatic carbocycles. The lowest BCUT2D eigenvalue weighted by atomic mass is 10.2. The van der Waals surface area contributed by atoms with Gasteiger partial charge in [0, 0.05) is 0 Å². The molecule has 0 atom stereocenters. The van der Waals surface area contributed by atoms with Crippen LogP contribution in [0.15, 0.2) is 46.0 Å². The summed E-state index contributed by atoms with van der Waals surface area (Å²) in [5, 5.41) is 0. The maximum Gasteiger partial charge on any atom is 0.433 e. The molecule has 0 unspecified atom stereocenters. The molecular formula is C15H11F3N4O2. The molecule has 0 aliphatic carbocycles. The number of hydrogen-bond acceptors (Lipinski definition) is 4. The van der Waals surface area contributed by atoms with Crippen molar-refractivity contribution in [2.24, 2.45) is 0 Å². The second-order valence-electron chi connectivity index (χ2n) is 5.12. The quantitative estimate of drug-likeness (QED) is 0.697. The predicted molar refractivity (Wildman–Crippen MR) is 81.6 cm³/mol. The van der Waals surface area contributed by atoms with Crippen molar-refractivity contribution in [3.8, 4) is 0 Å². The minimum Gasteiger partial charge on any atom is -0.382 e. The van der Waals surface area contributed by atoms with Crippen molar-refractivity contribution in [3.05, 3.63) is 68.4 Å². The van der Waals surface area contributed by atoms with Gasteiger partial charge >= 0.3 is 17.3 Å². The first-order valence-electron chi connectivity index (χ1n) is 6.82. The SMILES string of the molecule is Nc1nc(C(F)(F)F)cc2c1[nH]c(=O)c(=O)n2Cc1ccccc1. The maximum absolute atomic E-state index is 13.0. The number of anilines is 1. The number of aromatic amines is 1. The van der Waals surface area contributed by atoms with Crippen molar-refractivity contribution in [2.75, 3.05) is 5.73 Å². The number of halogens is 3. The van der Waals surface area contributed by atoms with Crippen LogP contribution in [-0.2, 0) is 12.7 Å². The Labute approximate surface area is 132 Å². The van der Waals surface area contributed by atoms with Gasteiger partial charge in [0.1, 0.15) is 17.0 Å². The lowest BCUT2D eigenvalue weighted by Crippen LogP contribution is -2.37. The van der Waals surface area contributed by atoms with E-state index in [0.717, 1.165) is 4.57 Å². The highest BCUT2D eigenvalue weighted by Crippen LogP contribution is 2.30. The summed E-state index contributed by atoms with van der Waals surface area (Å²) in [7, 11) is 0. The van der Waals surface area contributed by atoms with Gasteiger partial charge in [-0.1, -0.05) is 30.3 Å². The van der Waals surface area contributed by atoms with Crippen LogP contribution in [0.4, 0.5) is 19.0 Å². The first kappa shape index (κ1) is 15.8. The van der Waals surface area contributed by atoms with Crippen LogP contribution in [0.5, 0.6) is 0 Å². The Morgan fingerprint density at radius 1 is 1.17 bits per heavy atom. The summed E-state index contributed by atoms with van der Waals surface area (Å²) < 4.78 is 39.8. The van der Waals surface area contributed by atoms with Crippen molar-refractivity contribution in [1.29, 1.82) is 0 Å². The number of hydrogen-bond donors (Lipinski definition) is 2. The van der Waals surface area contributed by atoms with Crippen LogP contribution < -0.4 is 16.9 Å². The number of nitrogens with two attached hydrogens (primary N) is 1. The zero-order valence-electron chi connectivity index (χ0n) is 12.1. The molecule has 3 rings (SSSR count). The third-order valence-corrected chi connectivity index (χ3v) is 3.47. The molecule has 0 amide bonds. The molecule has 3 N–H and O–H groups in total. The fraction of sp³-hybridized carbons (Fsp3) is 0.133. The summed E-state index contributed by atoms with van der Waals surface area (Å²) in [5.74, 6) is -0.501. The number of fused-ring (bicyclic) bond motifs is 1. The minimum atomic E-state index is -4.73. The molecule has 3 aromatic rings. The zero-order chi connectivity index (χ0) is 17.5. The van der Waals surface area contributed by atoms with Crippen LogP contribution in [-0.4, -0.2) is 14.5 Å². The molecule has 0 aliphatic heterocycles. The molecule has 0 saturated carbocycles. The van der Waals surface area contributed by atoms with Crippen LogP contribution >= 0.6 is 0 Å². The minimum absolute atomic E-state index is 0.0686. The monoisotopic (exact) mass is 336 g/mol. The van der Waals surface area contributed by atoms with E-state index in [2.05, 4.69) is 9.97 Å². The number of pyridine rings is 1. The Hall–Kier alpha value is -3.10. The summed E-state index contributed by atoms with van der Waals surface area (Å²) in [5.41, 5.74) is 2.76. The van der Waals surface area contributed by atoms with Gasteiger partial charge in [-0.2, -0.15) is 13.2 Å². The van der Waals surface area contributed by atoms with Gasteiger partial charge < -0.3 is 10.7 Å². The number of benzene rings is 1. The molecule has 0 fully saturated rings. The lowest BCUT2D eigenvalue weighted by molar-refractivity contribution is -0.141. The third-order valence-electron chi connectivity index (χ3n) is 3.47. The summed E-state index contributed by atoms with van der Waals surface area (Å²) >= 11 is 0. The summed E-state index contributed by atoms with van der Waals surface area (Å²) in [6, 6.07) is 9.26. The number of rotatable bonds is 2. The van der Waals surface area contributed by atoms with Gasteiger partial charge in [0.25, 0.3) is 0 Å². The zero-order valence-corrected chi connectivity index (χ0v) is 12.1. The molecule has 6 nitrogen and oxygen atoms in total. The highest BCUT2D eigenvalue weighted by atomic mass is 19.4. The Balaban J connectivity index is 2.33.